The second kappa shape index (κ2) is 9.47. The Kier molecular flexibility index (Phi) is 7.01. The largest absolute Gasteiger partial charge is 0.493 e. The Morgan fingerprint density at radius 3 is 2.71 bits per heavy atom. The molecule has 10 heteroatoms. The number of aromatic nitrogens is 2. The number of nitrogens with one attached hydrogen (secondary N) is 1. The lowest BCUT2D eigenvalue weighted by atomic mass is 10.1. The van der Waals surface area contributed by atoms with Gasteiger partial charge in [0.2, 0.25) is 5.13 Å². The predicted molar refractivity (Wildman–Crippen MR) is 113 cm³/mol. The molecule has 0 bridgehead atoms. The molecule has 28 heavy (non-hydrogen) atoms. The predicted octanol–water partition coefficient (Wildman–Crippen LogP) is 5.41. The molecule has 0 radical (unpaired) electrons. The van der Waals surface area contributed by atoms with E-state index in [1.807, 2.05) is 6.07 Å². The molecule has 1 amide bonds. The van der Waals surface area contributed by atoms with Crippen molar-refractivity contribution in [2.24, 2.45) is 0 Å². The first-order valence-corrected chi connectivity index (χ1v) is 10.5. The molecule has 1 heterocycles. The molecule has 0 fully saturated rings. The van der Waals surface area contributed by atoms with Gasteiger partial charge in [0.25, 0.3) is 5.91 Å². The van der Waals surface area contributed by atoms with E-state index in [1.165, 1.54) is 37.3 Å². The summed E-state index contributed by atoms with van der Waals surface area (Å²) in [7, 11) is 3.00. The van der Waals surface area contributed by atoms with Gasteiger partial charge in [-0.3, -0.25) is 10.1 Å². The molecule has 0 spiro atoms. The van der Waals surface area contributed by atoms with Gasteiger partial charge in [-0.15, -0.1) is 10.2 Å². The highest BCUT2D eigenvalue weighted by Gasteiger charge is 2.18. The molecule has 0 atom stereocenters. The normalized spacial score (nSPS) is 10.6. The molecule has 0 saturated heterocycles. The molecular weight excluding hydrogens is 441 g/mol. The van der Waals surface area contributed by atoms with Crippen LogP contribution < -0.4 is 14.8 Å². The Balaban J connectivity index is 1.67. The van der Waals surface area contributed by atoms with E-state index in [-0.39, 0.29) is 5.91 Å². The van der Waals surface area contributed by atoms with Crippen LogP contribution in [0.3, 0.4) is 0 Å². The smallest absolute Gasteiger partial charge is 0.261 e. The van der Waals surface area contributed by atoms with Gasteiger partial charge in [0.15, 0.2) is 15.8 Å². The van der Waals surface area contributed by atoms with Gasteiger partial charge >= 0.3 is 0 Å². The maximum absolute atomic E-state index is 12.6. The van der Waals surface area contributed by atoms with Gasteiger partial charge in [-0.25, -0.2) is 0 Å². The molecule has 2 aromatic carbocycles. The summed E-state index contributed by atoms with van der Waals surface area (Å²) in [5, 5.41) is 12.4. The Labute approximate surface area is 180 Å². The number of anilines is 1. The summed E-state index contributed by atoms with van der Waals surface area (Å²) < 4.78 is 11.2. The second-order valence-electron chi connectivity index (χ2n) is 5.39. The van der Waals surface area contributed by atoms with Crippen LogP contribution in [0.25, 0.3) is 0 Å². The zero-order valence-corrected chi connectivity index (χ0v) is 18.0. The number of ether oxygens (including phenoxy) is 2. The van der Waals surface area contributed by atoms with Crippen molar-refractivity contribution in [3.8, 4) is 11.5 Å². The summed E-state index contributed by atoms with van der Waals surface area (Å²) in [4.78, 5) is 12.6. The van der Waals surface area contributed by atoms with Gasteiger partial charge in [-0.1, -0.05) is 58.4 Å². The summed E-state index contributed by atoms with van der Waals surface area (Å²) in [6.07, 6.45) is 0. The summed E-state index contributed by atoms with van der Waals surface area (Å²) in [6.45, 7) is 0. The van der Waals surface area contributed by atoms with Crippen LogP contribution in [-0.4, -0.2) is 30.3 Å². The first-order valence-electron chi connectivity index (χ1n) is 7.94. The van der Waals surface area contributed by atoms with Crippen LogP contribution in [0.15, 0.2) is 40.7 Å². The lowest BCUT2D eigenvalue weighted by molar-refractivity contribution is 0.102. The van der Waals surface area contributed by atoms with Crippen molar-refractivity contribution in [2.75, 3.05) is 19.5 Å². The number of halogens is 2. The molecule has 0 saturated carbocycles. The van der Waals surface area contributed by atoms with E-state index in [9.17, 15) is 4.79 Å². The van der Waals surface area contributed by atoms with Crippen molar-refractivity contribution in [1.82, 2.24) is 10.2 Å². The van der Waals surface area contributed by atoms with Gasteiger partial charge in [0.05, 0.1) is 19.8 Å². The van der Waals surface area contributed by atoms with Gasteiger partial charge in [0.1, 0.15) is 0 Å². The number of benzene rings is 2. The lowest BCUT2D eigenvalue weighted by Crippen LogP contribution is -2.13. The zero-order chi connectivity index (χ0) is 20.1. The van der Waals surface area contributed by atoms with Crippen LogP contribution in [-0.2, 0) is 5.75 Å². The SMILES string of the molecule is COc1cccc(C(=O)Nc2nnc(SCc3ccc(Cl)cc3Cl)s2)c1OC. The fraction of sp³-hybridized carbons (Fsp3) is 0.167. The Morgan fingerprint density at radius 2 is 2.00 bits per heavy atom. The van der Waals surface area contributed by atoms with E-state index >= 15 is 0 Å². The van der Waals surface area contributed by atoms with Gasteiger partial charge in [0, 0.05) is 15.8 Å². The van der Waals surface area contributed by atoms with Crippen molar-refractivity contribution in [3.05, 3.63) is 57.6 Å². The zero-order valence-electron chi connectivity index (χ0n) is 14.9. The van der Waals surface area contributed by atoms with E-state index in [4.69, 9.17) is 32.7 Å². The molecule has 6 nitrogen and oxygen atoms in total. The third-order valence-corrected chi connectivity index (χ3v) is 6.25. The van der Waals surface area contributed by atoms with Crippen LogP contribution in [0.1, 0.15) is 15.9 Å². The van der Waals surface area contributed by atoms with Gasteiger partial charge < -0.3 is 9.47 Å². The number of rotatable bonds is 7. The molecule has 0 aliphatic rings. The van der Waals surface area contributed by atoms with E-state index in [1.54, 1.807) is 30.3 Å². The minimum absolute atomic E-state index is 0.346. The van der Waals surface area contributed by atoms with Crippen molar-refractivity contribution >= 4 is 57.3 Å². The number of amides is 1. The average Bonchev–Trinajstić information content (AvgIpc) is 3.13. The van der Waals surface area contributed by atoms with Crippen molar-refractivity contribution in [1.29, 1.82) is 0 Å². The fourth-order valence-electron chi connectivity index (χ4n) is 2.33. The number of hydrogen-bond donors (Lipinski definition) is 1. The molecule has 0 aliphatic carbocycles. The van der Waals surface area contributed by atoms with Crippen molar-refractivity contribution in [3.63, 3.8) is 0 Å². The summed E-state index contributed by atoms with van der Waals surface area (Å²) in [5.41, 5.74) is 1.29. The third-order valence-electron chi connectivity index (χ3n) is 3.64. The monoisotopic (exact) mass is 455 g/mol. The summed E-state index contributed by atoms with van der Waals surface area (Å²) in [6, 6.07) is 10.4. The second-order valence-corrected chi connectivity index (χ2v) is 8.44. The number of hydrogen-bond acceptors (Lipinski definition) is 7. The van der Waals surface area contributed by atoms with E-state index in [0.717, 1.165) is 5.56 Å². The average molecular weight is 456 g/mol. The lowest BCUT2D eigenvalue weighted by Gasteiger charge is -2.11. The number of thioether (sulfide) groups is 1. The minimum atomic E-state index is -0.357. The van der Waals surface area contributed by atoms with E-state index in [2.05, 4.69) is 15.5 Å². The van der Waals surface area contributed by atoms with Crippen molar-refractivity contribution in [2.45, 2.75) is 10.1 Å². The quantitative estimate of drug-likeness (QED) is 0.379. The maximum Gasteiger partial charge on any atom is 0.261 e. The van der Waals surface area contributed by atoms with Gasteiger partial charge in [-0.05, 0) is 29.8 Å². The van der Waals surface area contributed by atoms with Crippen LogP contribution in [0.5, 0.6) is 11.5 Å². The van der Waals surface area contributed by atoms with Gasteiger partial charge in [-0.2, -0.15) is 0 Å². The molecule has 1 aromatic heterocycles. The first kappa shape index (κ1) is 20.7. The first-order chi connectivity index (χ1) is 13.5. The Hall–Kier alpha value is -2.00. The highest BCUT2D eigenvalue weighted by molar-refractivity contribution is 8.00. The standard InChI is InChI=1S/C18H15Cl2N3O3S2/c1-25-14-5-3-4-12(15(14)26-2)16(24)21-17-22-23-18(28-17)27-9-10-6-7-11(19)8-13(10)20/h3-8H,9H2,1-2H3,(H,21,22,24). The number of para-hydroxylation sites is 1. The van der Waals surface area contributed by atoms with E-state index < -0.39 is 0 Å². The maximum atomic E-state index is 12.6. The summed E-state index contributed by atoms with van der Waals surface area (Å²) in [5.74, 6) is 1.09. The third kappa shape index (κ3) is 4.88. The number of carbonyl (C=O) groups excluding carboxylic acids is 1. The number of methoxy groups -OCH3 is 2. The fourth-order valence-corrected chi connectivity index (χ4v) is 4.63. The molecule has 3 aromatic rings. The molecule has 146 valence electrons. The Morgan fingerprint density at radius 1 is 1.18 bits per heavy atom. The van der Waals surface area contributed by atoms with Crippen molar-refractivity contribution < 1.29 is 14.3 Å². The molecular formula is C18H15Cl2N3O3S2. The van der Waals surface area contributed by atoms with Crippen LogP contribution >= 0.6 is 46.3 Å². The summed E-state index contributed by atoms with van der Waals surface area (Å²) >= 11 is 14.8. The Bertz CT molecular complexity index is 998. The number of nitrogens with zero attached hydrogens (tertiary/aromatic N) is 2. The highest BCUT2D eigenvalue weighted by Crippen LogP contribution is 2.33. The molecule has 0 unspecified atom stereocenters. The molecule has 0 aliphatic heterocycles. The minimum Gasteiger partial charge on any atom is -0.493 e. The molecule has 1 N–H and O–H groups in total. The number of carbonyl (C=O) groups is 1. The van der Waals surface area contributed by atoms with Crippen LogP contribution in [0.4, 0.5) is 5.13 Å². The van der Waals surface area contributed by atoms with E-state index in [0.29, 0.717) is 42.3 Å². The highest BCUT2D eigenvalue weighted by atomic mass is 35.5. The topological polar surface area (TPSA) is 73.3 Å². The molecule has 3 rings (SSSR count). The van der Waals surface area contributed by atoms with Crippen LogP contribution in [0, 0.1) is 0 Å². The van der Waals surface area contributed by atoms with Crippen LogP contribution in [0.2, 0.25) is 10.0 Å².